The Morgan fingerprint density at radius 3 is 2.81 bits per heavy atom. The van der Waals surface area contributed by atoms with Crippen LogP contribution in [0, 0.1) is 6.92 Å². The van der Waals surface area contributed by atoms with Gasteiger partial charge in [-0.2, -0.15) is 0 Å². The minimum atomic E-state index is -3.69. The maximum Gasteiger partial charge on any atom is 0.260 e. The zero-order chi connectivity index (χ0) is 15.0. The zero-order valence-corrected chi connectivity index (χ0v) is 13.8. The van der Waals surface area contributed by atoms with E-state index in [1.165, 1.54) is 22.7 Å². The van der Waals surface area contributed by atoms with Crippen LogP contribution in [0.3, 0.4) is 0 Å². The van der Waals surface area contributed by atoms with Crippen LogP contribution in [-0.4, -0.2) is 29.8 Å². The van der Waals surface area contributed by atoms with Crippen LogP contribution in [-0.2, 0) is 16.6 Å². The number of rotatable bonds is 5. The first-order chi connectivity index (χ1) is 10.0. The molecule has 3 rings (SSSR count). The predicted molar refractivity (Wildman–Crippen MR) is 83.5 cm³/mol. The number of nitrogens with zero attached hydrogens (tertiary/aromatic N) is 3. The first-order valence-corrected chi connectivity index (χ1v) is 9.29. The Morgan fingerprint density at radius 2 is 2.14 bits per heavy atom. The molecule has 0 aliphatic heterocycles. The molecule has 0 radical (unpaired) electrons. The number of anilines is 1. The van der Waals surface area contributed by atoms with Gasteiger partial charge in [0.25, 0.3) is 10.0 Å². The predicted octanol–water partition coefficient (Wildman–Crippen LogP) is 1.68. The van der Waals surface area contributed by atoms with Gasteiger partial charge in [0.05, 0.1) is 17.2 Å². The van der Waals surface area contributed by atoms with Gasteiger partial charge in [0.2, 0.25) is 0 Å². The van der Waals surface area contributed by atoms with Crippen molar-refractivity contribution in [2.75, 3.05) is 12.4 Å². The van der Waals surface area contributed by atoms with Crippen molar-refractivity contribution >= 4 is 43.5 Å². The molecule has 0 aromatic carbocycles. The highest BCUT2D eigenvalue weighted by atomic mass is 32.2. The Labute approximate surface area is 129 Å². The quantitative estimate of drug-likeness (QED) is 0.736. The van der Waals surface area contributed by atoms with Gasteiger partial charge in [-0.15, -0.1) is 22.7 Å². The first-order valence-electron chi connectivity index (χ1n) is 6.05. The van der Waals surface area contributed by atoms with Crippen molar-refractivity contribution in [3.63, 3.8) is 0 Å². The van der Waals surface area contributed by atoms with E-state index < -0.39 is 10.0 Å². The lowest BCUT2D eigenvalue weighted by Crippen LogP contribution is -2.25. The Bertz CT molecular complexity index is 877. The van der Waals surface area contributed by atoms with Gasteiger partial charge in [-0.1, -0.05) is 0 Å². The number of aromatic nitrogens is 3. The van der Waals surface area contributed by atoms with Gasteiger partial charge in [0, 0.05) is 24.0 Å². The summed E-state index contributed by atoms with van der Waals surface area (Å²) >= 11 is 2.87. The molecule has 10 heteroatoms. The summed E-state index contributed by atoms with van der Waals surface area (Å²) in [5.74, 6) is 0.337. The highest BCUT2D eigenvalue weighted by Crippen LogP contribution is 2.25. The molecule has 3 aromatic heterocycles. The van der Waals surface area contributed by atoms with Crippen LogP contribution in [0.15, 0.2) is 22.0 Å². The summed E-state index contributed by atoms with van der Waals surface area (Å²) in [6.07, 6.45) is 1.69. The summed E-state index contributed by atoms with van der Waals surface area (Å²) in [4.78, 5) is 9.13. The fraction of sp³-hybridized carbons (Fsp3) is 0.273. The fourth-order valence-corrected chi connectivity index (χ4v) is 4.58. The highest BCUT2D eigenvalue weighted by molar-refractivity contribution is 7.89. The number of thiazole rings is 2. The maximum absolute atomic E-state index is 12.5. The molecule has 2 N–H and O–H groups in total. The maximum atomic E-state index is 12.5. The third kappa shape index (κ3) is 2.67. The lowest BCUT2D eigenvalue weighted by atomic mass is 10.5. The third-order valence-corrected chi connectivity index (χ3v) is 5.82. The van der Waals surface area contributed by atoms with Crippen LogP contribution in [0.5, 0.6) is 0 Å². The minimum Gasteiger partial charge on any atom is -0.371 e. The van der Waals surface area contributed by atoms with E-state index in [2.05, 4.69) is 20.0 Å². The minimum absolute atomic E-state index is 0.119. The zero-order valence-electron chi connectivity index (χ0n) is 11.3. The second kappa shape index (κ2) is 5.37. The Kier molecular flexibility index (Phi) is 3.69. The van der Waals surface area contributed by atoms with Gasteiger partial charge in [-0.25, -0.2) is 23.1 Å². The van der Waals surface area contributed by atoms with E-state index in [9.17, 15) is 8.42 Å². The molecule has 0 aliphatic rings. The molecule has 3 aromatic rings. The van der Waals surface area contributed by atoms with E-state index in [-0.39, 0.29) is 11.6 Å². The molecule has 0 atom stereocenters. The van der Waals surface area contributed by atoms with Gasteiger partial charge in [0.15, 0.2) is 15.8 Å². The fourth-order valence-electron chi connectivity index (χ4n) is 1.91. The van der Waals surface area contributed by atoms with Crippen LogP contribution >= 0.6 is 22.7 Å². The van der Waals surface area contributed by atoms with Gasteiger partial charge < -0.3 is 5.32 Å². The normalized spacial score (nSPS) is 12.1. The standard InChI is InChI=1S/C11H13N5O2S3/c1-7-14-8(6-20-7)5-13-21(17,18)10-9(12-2)15-11-16(10)3-4-19-11/h3-4,6,12-13H,5H2,1-2H3. The third-order valence-electron chi connectivity index (χ3n) is 2.82. The number of aryl methyl sites for hydroxylation is 1. The van der Waals surface area contributed by atoms with Gasteiger partial charge in [-0.05, 0) is 6.92 Å². The van der Waals surface area contributed by atoms with E-state index in [1.807, 2.05) is 12.3 Å². The lowest BCUT2D eigenvalue weighted by molar-refractivity contribution is 0.576. The SMILES string of the molecule is CNc1nc2sccn2c1S(=O)(=O)NCc1csc(C)n1. The largest absolute Gasteiger partial charge is 0.371 e. The number of hydrogen-bond acceptors (Lipinski definition) is 7. The Morgan fingerprint density at radius 1 is 1.33 bits per heavy atom. The van der Waals surface area contributed by atoms with Crippen molar-refractivity contribution < 1.29 is 8.42 Å². The molecule has 21 heavy (non-hydrogen) atoms. The number of sulfonamides is 1. The molecule has 0 fully saturated rings. The molecular formula is C11H13N5O2S3. The van der Waals surface area contributed by atoms with Crippen molar-refractivity contribution in [2.24, 2.45) is 0 Å². The molecule has 0 spiro atoms. The van der Waals surface area contributed by atoms with Crippen molar-refractivity contribution in [2.45, 2.75) is 18.5 Å². The van der Waals surface area contributed by atoms with Gasteiger partial charge in [-0.3, -0.25) is 4.40 Å². The lowest BCUT2D eigenvalue weighted by Gasteiger charge is -2.06. The van der Waals surface area contributed by atoms with Gasteiger partial charge >= 0.3 is 0 Å². The summed E-state index contributed by atoms with van der Waals surface area (Å²) < 4.78 is 29.2. The van der Waals surface area contributed by atoms with E-state index >= 15 is 0 Å². The smallest absolute Gasteiger partial charge is 0.260 e. The van der Waals surface area contributed by atoms with E-state index in [0.717, 1.165) is 5.01 Å². The molecule has 0 saturated heterocycles. The summed E-state index contributed by atoms with van der Waals surface area (Å²) in [5, 5.41) is 7.48. The molecule has 0 unspecified atom stereocenters. The van der Waals surface area contributed by atoms with Crippen molar-refractivity contribution in [1.82, 2.24) is 19.1 Å². The van der Waals surface area contributed by atoms with Crippen LogP contribution in [0.2, 0.25) is 0 Å². The monoisotopic (exact) mass is 343 g/mol. The van der Waals surface area contributed by atoms with Crippen LogP contribution in [0.1, 0.15) is 10.7 Å². The van der Waals surface area contributed by atoms with Crippen molar-refractivity contribution in [3.8, 4) is 0 Å². The number of nitrogens with one attached hydrogen (secondary N) is 2. The molecule has 112 valence electrons. The molecule has 0 bridgehead atoms. The topological polar surface area (TPSA) is 88.4 Å². The second-order valence-electron chi connectivity index (χ2n) is 4.25. The molecule has 3 heterocycles. The summed E-state index contributed by atoms with van der Waals surface area (Å²) in [6.45, 7) is 2.04. The van der Waals surface area contributed by atoms with Crippen LogP contribution in [0.4, 0.5) is 5.82 Å². The number of fused-ring (bicyclic) bond motifs is 1. The molecular weight excluding hydrogens is 330 g/mol. The summed E-state index contributed by atoms with van der Waals surface area (Å²) in [6, 6.07) is 0. The number of hydrogen-bond donors (Lipinski definition) is 2. The van der Waals surface area contributed by atoms with Crippen molar-refractivity contribution in [3.05, 3.63) is 27.7 Å². The average Bonchev–Trinajstić information content (AvgIpc) is 3.10. The molecule has 0 amide bonds. The average molecular weight is 343 g/mol. The molecule has 0 saturated carbocycles. The Balaban J connectivity index is 1.94. The van der Waals surface area contributed by atoms with E-state index in [0.29, 0.717) is 16.5 Å². The van der Waals surface area contributed by atoms with Gasteiger partial charge in [0.1, 0.15) is 0 Å². The van der Waals surface area contributed by atoms with E-state index in [1.54, 1.807) is 23.0 Å². The van der Waals surface area contributed by atoms with Crippen molar-refractivity contribution in [1.29, 1.82) is 0 Å². The second-order valence-corrected chi connectivity index (χ2v) is 7.87. The first kappa shape index (κ1) is 14.4. The Hall–Kier alpha value is -1.49. The summed E-state index contributed by atoms with van der Waals surface area (Å²) in [7, 11) is -2.04. The molecule has 0 aliphatic carbocycles. The summed E-state index contributed by atoms with van der Waals surface area (Å²) in [5.41, 5.74) is 0.707. The number of imidazole rings is 1. The van der Waals surface area contributed by atoms with Crippen LogP contribution in [0.25, 0.3) is 4.96 Å². The molecule has 7 nitrogen and oxygen atoms in total. The highest BCUT2D eigenvalue weighted by Gasteiger charge is 2.25. The van der Waals surface area contributed by atoms with Crippen LogP contribution < -0.4 is 10.0 Å². The van der Waals surface area contributed by atoms with E-state index in [4.69, 9.17) is 0 Å².